The van der Waals surface area contributed by atoms with Crippen LogP contribution in [0, 0.1) is 0 Å². The molecule has 2 atom stereocenters. The van der Waals surface area contributed by atoms with Crippen LogP contribution in [0.3, 0.4) is 0 Å². The van der Waals surface area contributed by atoms with E-state index in [2.05, 4.69) is 36.2 Å². The number of hydrogen-bond acceptors (Lipinski definition) is 7. The Labute approximate surface area is 153 Å². The van der Waals surface area contributed by atoms with Gasteiger partial charge in [0.25, 0.3) is 0 Å². The first-order chi connectivity index (χ1) is 12.7. The van der Waals surface area contributed by atoms with Crippen molar-refractivity contribution in [2.75, 3.05) is 30.4 Å². The molecule has 0 unspecified atom stereocenters. The van der Waals surface area contributed by atoms with Gasteiger partial charge in [-0.1, -0.05) is 0 Å². The first-order valence-corrected chi connectivity index (χ1v) is 9.44. The van der Waals surface area contributed by atoms with Crippen molar-refractivity contribution < 1.29 is 5.11 Å². The summed E-state index contributed by atoms with van der Waals surface area (Å²) in [6.45, 7) is 3.19. The number of nitrogens with one attached hydrogen (secondary N) is 2. The highest BCUT2D eigenvalue weighted by Gasteiger charge is 2.31. The number of nitrogens with zero attached hydrogens (tertiary/aromatic N) is 5. The summed E-state index contributed by atoms with van der Waals surface area (Å²) in [5, 5.41) is 21.4. The maximum Gasteiger partial charge on any atom is 0.134 e. The van der Waals surface area contributed by atoms with Crippen molar-refractivity contribution in [2.24, 2.45) is 0 Å². The number of rotatable bonds is 6. The van der Waals surface area contributed by atoms with Crippen LogP contribution in [0.5, 0.6) is 0 Å². The molecule has 4 heterocycles. The molecular formula is C18H27N7O. The Bertz CT molecular complexity index is 723. The Kier molecular flexibility index (Phi) is 5.03. The predicted molar refractivity (Wildman–Crippen MR) is 100 cm³/mol. The van der Waals surface area contributed by atoms with Crippen molar-refractivity contribution in [2.45, 2.75) is 50.9 Å². The summed E-state index contributed by atoms with van der Waals surface area (Å²) >= 11 is 0. The molecule has 0 aromatic carbocycles. The highest BCUT2D eigenvalue weighted by molar-refractivity contribution is 5.50. The smallest absolute Gasteiger partial charge is 0.134 e. The fourth-order valence-electron chi connectivity index (χ4n) is 3.94. The number of aromatic nitrogens is 4. The third kappa shape index (κ3) is 3.66. The van der Waals surface area contributed by atoms with Gasteiger partial charge in [0.05, 0.1) is 11.8 Å². The second-order valence-corrected chi connectivity index (χ2v) is 7.15. The van der Waals surface area contributed by atoms with E-state index in [-0.39, 0.29) is 12.1 Å². The van der Waals surface area contributed by atoms with Crippen LogP contribution in [0.2, 0.25) is 0 Å². The van der Waals surface area contributed by atoms with Gasteiger partial charge in [0.2, 0.25) is 0 Å². The Morgan fingerprint density at radius 2 is 2.19 bits per heavy atom. The summed E-state index contributed by atoms with van der Waals surface area (Å²) < 4.78 is 2.15. The fraction of sp³-hybridized carbons (Fsp3) is 0.611. The zero-order chi connectivity index (χ0) is 17.9. The summed E-state index contributed by atoms with van der Waals surface area (Å²) in [5.41, 5.74) is 2.46. The number of fused-ring (bicyclic) bond motifs is 1. The molecule has 8 nitrogen and oxygen atoms in total. The van der Waals surface area contributed by atoms with Crippen molar-refractivity contribution in [3.8, 4) is 0 Å². The Morgan fingerprint density at radius 3 is 3.04 bits per heavy atom. The minimum absolute atomic E-state index is 0.210. The Morgan fingerprint density at radius 1 is 1.27 bits per heavy atom. The monoisotopic (exact) mass is 357 g/mol. The van der Waals surface area contributed by atoms with Crippen LogP contribution >= 0.6 is 0 Å². The third-order valence-electron chi connectivity index (χ3n) is 5.25. The van der Waals surface area contributed by atoms with Crippen molar-refractivity contribution in [3.05, 3.63) is 29.8 Å². The van der Waals surface area contributed by atoms with Gasteiger partial charge in [0.15, 0.2) is 0 Å². The predicted octanol–water partition coefficient (Wildman–Crippen LogP) is 0.780. The van der Waals surface area contributed by atoms with Gasteiger partial charge in [-0.15, -0.1) is 0 Å². The summed E-state index contributed by atoms with van der Waals surface area (Å²) in [4.78, 5) is 10.7. The molecule has 140 valence electrons. The molecule has 2 aromatic heterocycles. The van der Waals surface area contributed by atoms with E-state index in [1.165, 1.54) is 18.5 Å². The number of aryl methyl sites for hydroxylation is 2. The highest BCUT2D eigenvalue weighted by atomic mass is 16.3. The minimum atomic E-state index is -0.324. The first kappa shape index (κ1) is 17.2. The van der Waals surface area contributed by atoms with Crippen LogP contribution in [0.4, 0.5) is 11.6 Å². The number of anilines is 2. The molecule has 4 rings (SSSR count). The van der Waals surface area contributed by atoms with Gasteiger partial charge >= 0.3 is 0 Å². The molecule has 1 saturated heterocycles. The summed E-state index contributed by atoms with van der Waals surface area (Å²) in [5.74, 6) is 1.64. The topological polar surface area (TPSA) is 91.1 Å². The summed E-state index contributed by atoms with van der Waals surface area (Å²) in [6, 6.07) is 4.35. The van der Waals surface area contributed by atoms with Gasteiger partial charge < -0.3 is 20.6 Å². The number of aliphatic hydroxyl groups is 1. The zero-order valence-electron chi connectivity index (χ0n) is 15.2. The van der Waals surface area contributed by atoms with E-state index in [4.69, 9.17) is 5.10 Å². The zero-order valence-corrected chi connectivity index (χ0v) is 15.2. The molecule has 2 aliphatic rings. The average molecular weight is 357 g/mol. The van der Waals surface area contributed by atoms with Crippen LogP contribution in [0.25, 0.3) is 0 Å². The van der Waals surface area contributed by atoms with Gasteiger partial charge in [-0.2, -0.15) is 5.10 Å². The van der Waals surface area contributed by atoms with Gasteiger partial charge in [-0.25, -0.2) is 9.97 Å². The van der Waals surface area contributed by atoms with Crippen molar-refractivity contribution in [1.82, 2.24) is 25.1 Å². The second-order valence-electron chi connectivity index (χ2n) is 7.15. The maximum absolute atomic E-state index is 10.1. The molecular weight excluding hydrogens is 330 g/mol. The summed E-state index contributed by atoms with van der Waals surface area (Å²) in [7, 11) is 1.84. The average Bonchev–Trinajstić information content (AvgIpc) is 3.24. The maximum atomic E-state index is 10.1. The van der Waals surface area contributed by atoms with Gasteiger partial charge in [0, 0.05) is 51.0 Å². The molecule has 0 aliphatic carbocycles. The van der Waals surface area contributed by atoms with E-state index in [1.54, 1.807) is 6.33 Å². The lowest BCUT2D eigenvalue weighted by atomic mass is 10.1. The van der Waals surface area contributed by atoms with Crippen molar-refractivity contribution in [3.63, 3.8) is 0 Å². The second kappa shape index (κ2) is 7.59. The molecule has 1 fully saturated rings. The number of β-amino-alcohol motifs (C(OH)–C–C–N with tert-alkyl or cyclic N) is 1. The largest absolute Gasteiger partial charge is 0.391 e. The SMILES string of the molecule is CNc1cc(N2C[C@H](O)C[C@@H]2CNCc2cc3n(n2)CCCC3)ncn1. The third-order valence-corrected chi connectivity index (χ3v) is 5.25. The molecule has 26 heavy (non-hydrogen) atoms. The molecule has 0 amide bonds. The Hall–Kier alpha value is -2.19. The number of hydrogen-bond donors (Lipinski definition) is 3. The quantitative estimate of drug-likeness (QED) is 0.704. The van der Waals surface area contributed by atoms with E-state index < -0.39 is 0 Å². The molecule has 0 saturated carbocycles. The summed E-state index contributed by atoms with van der Waals surface area (Å²) in [6.07, 6.45) is 5.61. The fourth-order valence-corrected chi connectivity index (χ4v) is 3.94. The van der Waals surface area contributed by atoms with Crippen LogP contribution in [-0.2, 0) is 19.5 Å². The molecule has 0 bridgehead atoms. The normalized spacial score (nSPS) is 22.5. The molecule has 0 spiro atoms. The molecule has 2 aliphatic heterocycles. The van der Waals surface area contributed by atoms with E-state index in [1.807, 2.05) is 13.1 Å². The molecule has 2 aromatic rings. The van der Waals surface area contributed by atoms with Gasteiger partial charge in [-0.3, -0.25) is 4.68 Å². The minimum Gasteiger partial charge on any atom is -0.391 e. The molecule has 3 N–H and O–H groups in total. The van der Waals surface area contributed by atoms with E-state index in [9.17, 15) is 5.11 Å². The highest BCUT2D eigenvalue weighted by Crippen LogP contribution is 2.25. The Balaban J connectivity index is 1.37. The molecule has 8 heteroatoms. The van der Waals surface area contributed by atoms with Crippen LogP contribution in [0.15, 0.2) is 18.5 Å². The lowest BCUT2D eigenvalue weighted by Gasteiger charge is -2.25. The van der Waals surface area contributed by atoms with E-state index >= 15 is 0 Å². The number of aliphatic hydroxyl groups excluding tert-OH is 1. The van der Waals surface area contributed by atoms with E-state index in [0.29, 0.717) is 6.54 Å². The van der Waals surface area contributed by atoms with Crippen LogP contribution in [-0.4, -0.2) is 57.1 Å². The standard InChI is InChI=1S/C18H27N7O/c1-19-17-8-18(22-12-21-17)24-11-16(26)7-15(24)10-20-9-13-6-14-4-2-3-5-25(14)23-13/h6,8,12,15-16,20,26H,2-5,7,9-11H2,1H3,(H,19,21,22)/t15-,16-/m1/s1. The molecule has 0 radical (unpaired) electrons. The van der Waals surface area contributed by atoms with E-state index in [0.717, 1.165) is 49.8 Å². The van der Waals surface area contributed by atoms with Crippen LogP contribution < -0.4 is 15.5 Å². The van der Waals surface area contributed by atoms with Crippen molar-refractivity contribution in [1.29, 1.82) is 0 Å². The van der Waals surface area contributed by atoms with Gasteiger partial charge in [-0.05, 0) is 31.7 Å². The first-order valence-electron chi connectivity index (χ1n) is 9.44. The van der Waals surface area contributed by atoms with Crippen molar-refractivity contribution >= 4 is 11.6 Å². The van der Waals surface area contributed by atoms with Crippen LogP contribution in [0.1, 0.15) is 30.7 Å². The lowest BCUT2D eigenvalue weighted by molar-refractivity contribution is 0.194. The lowest BCUT2D eigenvalue weighted by Crippen LogP contribution is -2.38. The van der Waals surface area contributed by atoms with Gasteiger partial charge in [0.1, 0.15) is 18.0 Å².